The number of anilines is 1. The summed E-state index contributed by atoms with van der Waals surface area (Å²) in [5.41, 5.74) is 0.0377. The van der Waals surface area contributed by atoms with Gasteiger partial charge in [0, 0.05) is 49.9 Å². The summed E-state index contributed by atoms with van der Waals surface area (Å²) >= 11 is 0. The minimum Gasteiger partial charge on any atom is -0.494 e. The lowest BCUT2D eigenvalue weighted by Crippen LogP contribution is -2.51. The van der Waals surface area contributed by atoms with Crippen molar-refractivity contribution in [3.05, 3.63) is 56.7 Å². The third kappa shape index (κ3) is 4.68. The molecular formula is C23H32N4O4. The van der Waals surface area contributed by atoms with Gasteiger partial charge in [0.1, 0.15) is 11.6 Å². The number of carbonyl (C=O) groups excluding carboxylic acids is 1. The van der Waals surface area contributed by atoms with E-state index in [2.05, 4.69) is 0 Å². The maximum atomic E-state index is 13.0. The highest BCUT2D eigenvalue weighted by Gasteiger charge is 2.26. The number of ether oxygens (including phenoxy) is 1. The minimum absolute atomic E-state index is 0.0285. The largest absolute Gasteiger partial charge is 0.494 e. The summed E-state index contributed by atoms with van der Waals surface area (Å²) in [7, 11) is 0. The fraction of sp³-hybridized carbons (Fsp3) is 0.522. The lowest BCUT2D eigenvalue weighted by atomic mass is 10.1. The molecule has 0 aliphatic carbocycles. The van der Waals surface area contributed by atoms with E-state index in [0.29, 0.717) is 44.2 Å². The van der Waals surface area contributed by atoms with Gasteiger partial charge < -0.3 is 14.5 Å². The second kappa shape index (κ2) is 9.41. The highest BCUT2D eigenvalue weighted by molar-refractivity contribution is 5.94. The zero-order chi connectivity index (χ0) is 22.7. The molecule has 8 nitrogen and oxygen atoms in total. The number of amides is 1. The molecule has 1 saturated heterocycles. The number of hydrogen-bond donors (Lipinski definition) is 0. The number of rotatable bonds is 6. The van der Waals surface area contributed by atoms with E-state index >= 15 is 0 Å². The third-order valence-corrected chi connectivity index (χ3v) is 5.48. The monoisotopic (exact) mass is 428 g/mol. The van der Waals surface area contributed by atoms with E-state index in [-0.39, 0.29) is 29.2 Å². The molecule has 2 aromatic rings. The van der Waals surface area contributed by atoms with Crippen molar-refractivity contribution in [2.24, 2.45) is 0 Å². The summed E-state index contributed by atoms with van der Waals surface area (Å²) in [4.78, 5) is 42.3. The lowest BCUT2D eigenvalue weighted by molar-refractivity contribution is 0.0746. The van der Waals surface area contributed by atoms with Crippen LogP contribution in [0.1, 0.15) is 57.1 Å². The highest BCUT2D eigenvalue weighted by atomic mass is 16.5. The SMILES string of the molecule is CCOc1ccc(C(=O)N2CCN(c3cc(=O)n(C(C)C)c(=O)n3C(C)C)CC2)cc1. The Hall–Kier alpha value is -3.03. The predicted octanol–water partition coefficient (Wildman–Crippen LogP) is 2.53. The standard InChI is InChI=1S/C23H32N4O4/c1-6-31-19-9-7-18(8-10-19)22(29)25-13-11-24(12-14-25)20-15-21(28)27(17(4)5)23(30)26(20)16(2)3/h7-10,15-17H,6,11-14H2,1-5H3. The molecule has 3 rings (SSSR count). The second-order valence-electron chi connectivity index (χ2n) is 8.29. The summed E-state index contributed by atoms with van der Waals surface area (Å²) in [6.45, 7) is 12.2. The van der Waals surface area contributed by atoms with Crippen molar-refractivity contribution in [3.63, 3.8) is 0 Å². The molecule has 168 valence electrons. The van der Waals surface area contributed by atoms with Crippen LogP contribution in [-0.2, 0) is 0 Å². The van der Waals surface area contributed by atoms with Crippen molar-refractivity contribution in [3.8, 4) is 5.75 Å². The van der Waals surface area contributed by atoms with Crippen molar-refractivity contribution in [1.82, 2.24) is 14.0 Å². The van der Waals surface area contributed by atoms with Crippen molar-refractivity contribution >= 4 is 11.7 Å². The van der Waals surface area contributed by atoms with Gasteiger partial charge in [-0.3, -0.25) is 18.7 Å². The van der Waals surface area contributed by atoms with E-state index in [1.807, 2.05) is 39.5 Å². The van der Waals surface area contributed by atoms with Crippen molar-refractivity contribution < 1.29 is 9.53 Å². The van der Waals surface area contributed by atoms with Crippen LogP contribution in [0, 0.1) is 0 Å². The topological polar surface area (TPSA) is 76.8 Å². The molecule has 2 heterocycles. The molecule has 0 unspecified atom stereocenters. The fourth-order valence-electron chi connectivity index (χ4n) is 3.94. The Bertz CT molecular complexity index is 1030. The van der Waals surface area contributed by atoms with Gasteiger partial charge in [0.25, 0.3) is 11.5 Å². The average Bonchev–Trinajstić information content (AvgIpc) is 2.73. The number of hydrogen-bond acceptors (Lipinski definition) is 5. The van der Waals surface area contributed by atoms with E-state index in [4.69, 9.17) is 4.74 Å². The average molecular weight is 429 g/mol. The Kier molecular flexibility index (Phi) is 6.87. The highest BCUT2D eigenvalue weighted by Crippen LogP contribution is 2.20. The quantitative estimate of drug-likeness (QED) is 0.707. The second-order valence-corrected chi connectivity index (χ2v) is 8.29. The van der Waals surface area contributed by atoms with E-state index in [9.17, 15) is 14.4 Å². The van der Waals surface area contributed by atoms with Crippen molar-refractivity contribution in [2.45, 2.75) is 46.7 Å². The zero-order valence-corrected chi connectivity index (χ0v) is 19.0. The molecule has 1 aromatic heterocycles. The van der Waals surface area contributed by atoms with E-state index in [1.165, 1.54) is 4.57 Å². The van der Waals surface area contributed by atoms with Crippen LogP contribution < -0.4 is 20.9 Å². The van der Waals surface area contributed by atoms with Crippen molar-refractivity contribution in [1.29, 1.82) is 0 Å². The first-order valence-corrected chi connectivity index (χ1v) is 10.9. The number of carbonyl (C=O) groups is 1. The van der Waals surface area contributed by atoms with Crippen LogP contribution in [0.25, 0.3) is 0 Å². The number of nitrogens with zero attached hydrogens (tertiary/aromatic N) is 4. The molecule has 8 heteroatoms. The van der Waals surface area contributed by atoms with Crippen LogP contribution >= 0.6 is 0 Å². The van der Waals surface area contributed by atoms with E-state index in [1.54, 1.807) is 39.8 Å². The first-order chi connectivity index (χ1) is 14.7. The third-order valence-electron chi connectivity index (χ3n) is 5.48. The Morgan fingerprint density at radius 3 is 2.03 bits per heavy atom. The molecule has 1 aromatic carbocycles. The molecule has 1 aliphatic rings. The molecule has 31 heavy (non-hydrogen) atoms. The van der Waals surface area contributed by atoms with Gasteiger partial charge in [-0.05, 0) is 58.9 Å². The molecule has 0 radical (unpaired) electrons. The first-order valence-electron chi connectivity index (χ1n) is 10.9. The molecule has 0 saturated carbocycles. The molecule has 0 bridgehead atoms. The summed E-state index contributed by atoms with van der Waals surface area (Å²) < 4.78 is 8.39. The van der Waals surface area contributed by atoms with Crippen molar-refractivity contribution in [2.75, 3.05) is 37.7 Å². The Morgan fingerprint density at radius 2 is 1.52 bits per heavy atom. The maximum Gasteiger partial charge on any atom is 0.333 e. The minimum atomic E-state index is -0.292. The summed E-state index contributed by atoms with van der Waals surface area (Å²) in [5, 5.41) is 0. The van der Waals surface area contributed by atoms with Gasteiger partial charge in [0.2, 0.25) is 0 Å². The Balaban J connectivity index is 1.78. The maximum absolute atomic E-state index is 13.0. The lowest BCUT2D eigenvalue weighted by Gasteiger charge is -2.37. The van der Waals surface area contributed by atoms with Gasteiger partial charge in [-0.2, -0.15) is 0 Å². The molecule has 0 spiro atoms. The number of piperazine rings is 1. The molecule has 0 atom stereocenters. The van der Waals surface area contributed by atoms with Crippen LogP contribution in [0.5, 0.6) is 5.75 Å². The van der Waals surface area contributed by atoms with Crippen LogP contribution in [0.4, 0.5) is 5.82 Å². The van der Waals surface area contributed by atoms with Gasteiger partial charge in [0.05, 0.1) is 6.61 Å². The summed E-state index contributed by atoms with van der Waals surface area (Å²) in [5.74, 6) is 1.33. The molecule has 1 fully saturated rings. The van der Waals surface area contributed by atoms with Gasteiger partial charge in [-0.25, -0.2) is 4.79 Å². The van der Waals surface area contributed by atoms with Crippen LogP contribution in [0.2, 0.25) is 0 Å². The molecule has 0 N–H and O–H groups in total. The Labute approximate surface area is 182 Å². The van der Waals surface area contributed by atoms with Crippen LogP contribution in [0.3, 0.4) is 0 Å². The number of aromatic nitrogens is 2. The zero-order valence-electron chi connectivity index (χ0n) is 19.0. The van der Waals surface area contributed by atoms with Gasteiger partial charge in [0.15, 0.2) is 0 Å². The van der Waals surface area contributed by atoms with Crippen LogP contribution in [-0.4, -0.2) is 52.7 Å². The Morgan fingerprint density at radius 1 is 0.935 bits per heavy atom. The van der Waals surface area contributed by atoms with Gasteiger partial charge in [-0.15, -0.1) is 0 Å². The fourth-order valence-corrected chi connectivity index (χ4v) is 3.94. The van der Waals surface area contributed by atoms with E-state index in [0.717, 1.165) is 5.75 Å². The molecular weight excluding hydrogens is 396 g/mol. The molecule has 1 amide bonds. The van der Waals surface area contributed by atoms with E-state index < -0.39 is 0 Å². The van der Waals surface area contributed by atoms with Crippen LogP contribution in [0.15, 0.2) is 39.9 Å². The van der Waals surface area contributed by atoms with Gasteiger partial charge in [-0.1, -0.05) is 0 Å². The smallest absolute Gasteiger partial charge is 0.333 e. The predicted molar refractivity (Wildman–Crippen MR) is 121 cm³/mol. The normalized spacial score (nSPS) is 14.4. The first kappa shape index (κ1) is 22.7. The molecule has 1 aliphatic heterocycles. The number of benzene rings is 1. The summed E-state index contributed by atoms with van der Waals surface area (Å²) in [6.07, 6.45) is 0. The van der Waals surface area contributed by atoms with Gasteiger partial charge >= 0.3 is 5.69 Å². The summed E-state index contributed by atoms with van der Waals surface area (Å²) in [6, 6.07) is 8.42.